The molecular weight excluding hydrogens is 232 g/mol. The van der Waals surface area contributed by atoms with Crippen LogP contribution in [0.4, 0.5) is 0 Å². The Morgan fingerprint density at radius 2 is 2.38 bits per heavy atom. The minimum absolute atomic E-state index is 0.157. The molecule has 0 fully saturated rings. The lowest BCUT2D eigenvalue weighted by Gasteiger charge is -2.12. The predicted octanol–water partition coefficient (Wildman–Crippen LogP) is 2.45. The van der Waals surface area contributed by atoms with Gasteiger partial charge in [-0.1, -0.05) is 0 Å². The predicted molar refractivity (Wildman–Crippen MR) is 55.1 cm³/mol. The molecule has 0 aromatic carbocycles. The first kappa shape index (κ1) is 10.6. The topological polar surface area (TPSA) is 34.1 Å². The number of rotatable bonds is 4. The van der Waals surface area contributed by atoms with E-state index < -0.39 is 0 Å². The maximum Gasteiger partial charge on any atom is 0.0654 e. The van der Waals surface area contributed by atoms with E-state index in [1.54, 1.807) is 6.20 Å². The third-order valence-corrected chi connectivity index (χ3v) is 2.06. The molecule has 13 heavy (non-hydrogen) atoms. The second-order valence-corrected chi connectivity index (χ2v) is 3.62. The second-order valence-electron chi connectivity index (χ2n) is 2.71. The Kier molecular flexibility index (Phi) is 4.35. The van der Waals surface area contributed by atoms with Gasteiger partial charge in [-0.25, -0.2) is 0 Å². The highest BCUT2D eigenvalue weighted by molar-refractivity contribution is 9.10. The lowest BCUT2D eigenvalue weighted by atomic mass is 10.2. The number of aromatic nitrogens is 1. The smallest absolute Gasteiger partial charge is 0.0654 e. The van der Waals surface area contributed by atoms with Gasteiger partial charge in [-0.15, -0.1) is 0 Å². The molecule has 0 aliphatic carbocycles. The molecule has 72 valence electrons. The Morgan fingerprint density at radius 1 is 1.62 bits per heavy atom. The second kappa shape index (κ2) is 5.32. The van der Waals surface area contributed by atoms with Gasteiger partial charge in [-0.2, -0.15) is 5.48 Å². The number of halogens is 1. The Labute approximate surface area is 86.6 Å². The zero-order valence-electron chi connectivity index (χ0n) is 7.75. The molecule has 4 heteroatoms. The number of pyridine rings is 1. The van der Waals surface area contributed by atoms with Crippen LogP contribution in [0, 0.1) is 0 Å². The van der Waals surface area contributed by atoms with Crippen LogP contribution in [-0.4, -0.2) is 11.6 Å². The average molecular weight is 245 g/mol. The van der Waals surface area contributed by atoms with E-state index in [0.29, 0.717) is 6.61 Å². The molecule has 1 rings (SSSR count). The highest BCUT2D eigenvalue weighted by Crippen LogP contribution is 2.15. The van der Waals surface area contributed by atoms with Gasteiger partial charge in [0, 0.05) is 16.9 Å². The normalized spacial score (nSPS) is 12.8. The van der Waals surface area contributed by atoms with Crippen LogP contribution in [-0.2, 0) is 4.84 Å². The molecule has 1 atom stereocenters. The van der Waals surface area contributed by atoms with Crippen LogP contribution in [0.15, 0.2) is 22.9 Å². The third kappa shape index (κ3) is 3.42. The van der Waals surface area contributed by atoms with Gasteiger partial charge in [-0.05, 0) is 41.4 Å². The van der Waals surface area contributed by atoms with Crippen LogP contribution in [0.2, 0.25) is 0 Å². The van der Waals surface area contributed by atoms with Crippen molar-refractivity contribution in [3.8, 4) is 0 Å². The molecule has 0 aliphatic heterocycles. The van der Waals surface area contributed by atoms with Crippen molar-refractivity contribution in [1.29, 1.82) is 0 Å². The average Bonchev–Trinajstić information content (AvgIpc) is 2.14. The summed E-state index contributed by atoms with van der Waals surface area (Å²) in [6.07, 6.45) is 3.58. The quantitative estimate of drug-likeness (QED) is 0.827. The molecule has 0 saturated carbocycles. The number of hydroxylamine groups is 1. The fraction of sp³-hybridized carbons (Fsp3) is 0.444. The van der Waals surface area contributed by atoms with Crippen LogP contribution in [0.5, 0.6) is 0 Å². The first-order chi connectivity index (χ1) is 6.24. The van der Waals surface area contributed by atoms with Crippen molar-refractivity contribution in [2.75, 3.05) is 6.61 Å². The van der Waals surface area contributed by atoms with E-state index in [1.165, 1.54) is 0 Å². The lowest BCUT2D eigenvalue weighted by Crippen LogP contribution is -2.18. The number of hydrogen-bond donors (Lipinski definition) is 1. The standard InChI is InChI=1S/C9H13BrN2O/c1-3-13-12-7(2)8-4-9(10)6-11-5-8/h4-7,12H,3H2,1-2H3/t7-/m1/s1. The van der Waals surface area contributed by atoms with E-state index in [4.69, 9.17) is 4.84 Å². The lowest BCUT2D eigenvalue weighted by molar-refractivity contribution is 0.0284. The van der Waals surface area contributed by atoms with Crippen molar-refractivity contribution in [2.45, 2.75) is 19.9 Å². The minimum atomic E-state index is 0.157. The summed E-state index contributed by atoms with van der Waals surface area (Å²) in [7, 11) is 0. The van der Waals surface area contributed by atoms with Gasteiger partial charge < -0.3 is 4.84 Å². The summed E-state index contributed by atoms with van der Waals surface area (Å²) in [6, 6.07) is 2.17. The molecule has 1 N–H and O–H groups in total. The Morgan fingerprint density at radius 3 is 3.00 bits per heavy atom. The zero-order valence-corrected chi connectivity index (χ0v) is 9.34. The summed E-state index contributed by atoms with van der Waals surface area (Å²) in [5.41, 5.74) is 4.01. The minimum Gasteiger partial charge on any atom is -0.302 e. The number of nitrogens with zero attached hydrogens (tertiary/aromatic N) is 1. The van der Waals surface area contributed by atoms with E-state index >= 15 is 0 Å². The van der Waals surface area contributed by atoms with Crippen molar-refractivity contribution in [1.82, 2.24) is 10.5 Å². The van der Waals surface area contributed by atoms with Gasteiger partial charge in [0.2, 0.25) is 0 Å². The zero-order chi connectivity index (χ0) is 9.68. The fourth-order valence-electron chi connectivity index (χ4n) is 0.941. The maximum absolute atomic E-state index is 5.10. The van der Waals surface area contributed by atoms with Gasteiger partial charge in [0.25, 0.3) is 0 Å². The van der Waals surface area contributed by atoms with Crippen LogP contribution in [0.25, 0.3) is 0 Å². The summed E-state index contributed by atoms with van der Waals surface area (Å²) in [5, 5.41) is 0. The van der Waals surface area contributed by atoms with E-state index in [1.807, 2.05) is 26.1 Å². The molecule has 0 aliphatic rings. The highest BCUT2D eigenvalue weighted by atomic mass is 79.9. The molecule has 0 amide bonds. The maximum atomic E-state index is 5.10. The van der Waals surface area contributed by atoms with Gasteiger partial charge in [0.05, 0.1) is 12.6 Å². The van der Waals surface area contributed by atoms with Crippen molar-refractivity contribution in [3.05, 3.63) is 28.5 Å². The van der Waals surface area contributed by atoms with E-state index in [9.17, 15) is 0 Å². The third-order valence-electron chi connectivity index (χ3n) is 1.63. The SMILES string of the molecule is CCON[C@H](C)c1cncc(Br)c1. The molecule has 0 bridgehead atoms. The molecule has 3 nitrogen and oxygen atoms in total. The first-order valence-corrected chi connectivity index (χ1v) is 5.01. The molecule has 0 spiro atoms. The fourth-order valence-corrected chi connectivity index (χ4v) is 1.32. The van der Waals surface area contributed by atoms with Gasteiger partial charge in [-0.3, -0.25) is 4.98 Å². The van der Waals surface area contributed by atoms with Crippen LogP contribution in [0.3, 0.4) is 0 Å². The van der Waals surface area contributed by atoms with Crippen LogP contribution < -0.4 is 5.48 Å². The molecule has 0 radical (unpaired) electrons. The van der Waals surface area contributed by atoms with E-state index in [0.717, 1.165) is 10.0 Å². The molecule has 1 aromatic rings. The molecule has 1 heterocycles. The summed E-state index contributed by atoms with van der Waals surface area (Å²) in [4.78, 5) is 9.17. The van der Waals surface area contributed by atoms with Crippen molar-refractivity contribution >= 4 is 15.9 Å². The molecular formula is C9H13BrN2O. The van der Waals surface area contributed by atoms with E-state index in [2.05, 4.69) is 26.4 Å². The summed E-state index contributed by atoms with van der Waals surface area (Å²) in [6.45, 7) is 4.63. The van der Waals surface area contributed by atoms with Crippen LogP contribution >= 0.6 is 15.9 Å². The summed E-state index contributed by atoms with van der Waals surface area (Å²) >= 11 is 3.37. The largest absolute Gasteiger partial charge is 0.302 e. The van der Waals surface area contributed by atoms with Crippen molar-refractivity contribution < 1.29 is 4.84 Å². The van der Waals surface area contributed by atoms with Crippen LogP contribution in [0.1, 0.15) is 25.5 Å². The van der Waals surface area contributed by atoms with Crippen molar-refractivity contribution in [3.63, 3.8) is 0 Å². The number of hydrogen-bond acceptors (Lipinski definition) is 3. The van der Waals surface area contributed by atoms with Gasteiger partial charge >= 0.3 is 0 Å². The first-order valence-electron chi connectivity index (χ1n) is 4.21. The number of nitrogens with one attached hydrogen (secondary N) is 1. The Bertz CT molecular complexity index is 268. The van der Waals surface area contributed by atoms with Gasteiger partial charge in [0.15, 0.2) is 0 Å². The monoisotopic (exact) mass is 244 g/mol. The summed E-state index contributed by atoms with van der Waals surface area (Å²) in [5.74, 6) is 0. The highest BCUT2D eigenvalue weighted by Gasteiger charge is 2.04. The molecule has 0 unspecified atom stereocenters. The Hall–Kier alpha value is -0.450. The van der Waals surface area contributed by atoms with Gasteiger partial charge in [0.1, 0.15) is 0 Å². The van der Waals surface area contributed by atoms with E-state index in [-0.39, 0.29) is 6.04 Å². The molecule has 0 saturated heterocycles. The Balaban J connectivity index is 2.60. The summed E-state index contributed by atoms with van der Waals surface area (Å²) < 4.78 is 0.982. The van der Waals surface area contributed by atoms with Crippen molar-refractivity contribution in [2.24, 2.45) is 0 Å². The molecule has 1 aromatic heterocycles.